The Labute approximate surface area is 100 Å². The molecule has 4 nitrogen and oxygen atoms in total. The molecule has 4 heteroatoms. The van der Waals surface area contributed by atoms with Gasteiger partial charge in [-0.25, -0.2) is 0 Å². The minimum atomic E-state index is 0.278. The molecule has 0 spiro atoms. The second-order valence-corrected chi connectivity index (χ2v) is 4.02. The summed E-state index contributed by atoms with van der Waals surface area (Å²) in [6.07, 6.45) is 1.75. The topological polar surface area (TPSA) is 58.0 Å². The first kappa shape index (κ1) is 11.4. The van der Waals surface area contributed by atoms with Gasteiger partial charge in [-0.2, -0.15) is 5.10 Å². The van der Waals surface area contributed by atoms with E-state index in [1.54, 1.807) is 18.3 Å². The van der Waals surface area contributed by atoms with Crippen molar-refractivity contribution in [2.24, 2.45) is 0 Å². The molecule has 0 unspecified atom stereocenters. The minimum Gasteiger partial charge on any atom is -0.508 e. The molecule has 2 rings (SSSR count). The summed E-state index contributed by atoms with van der Waals surface area (Å²) in [6.45, 7) is 4.69. The maximum Gasteiger partial charge on any atom is 0.152 e. The van der Waals surface area contributed by atoms with Crippen molar-refractivity contribution in [2.45, 2.75) is 20.4 Å². The number of nitrogens with one attached hydrogen (secondary N) is 1. The molecule has 17 heavy (non-hydrogen) atoms. The highest BCUT2D eigenvalue weighted by molar-refractivity contribution is 5.45. The zero-order valence-corrected chi connectivity index (χ0v) is 9.94. The van der Waals surface area contributed by atoms with Crippen LogP contribution in [-0.4, -0.2) is 15.3 Å². The fourth-order valence-corrected chi connectivity index (χ4v) is 1.50. The van der Waals surface area contributed by atoms with E-state index >= 15 is 0 Å². The van der Waals surface area contributed by atoms with E-state index in [1.165, 1.54) is 0 Å². The van der Waals surface area contributed by atoms with Crippen LogP contribution in [0.2, 0.25) is 0 Å². The van der Waals surface area contributed by atoms with Crippen LogP contribution < -0.4 is 5.32 Å². The van der Waals surface area contributed by atoms with Gasteiger partial charge in [-0.3, -0.25) is 0 Å². The maximum absolute atomic E-state index is 9.18. The van der Waals surface area contributed by atoms with Crippen LogP contribution in [0.4, 0.5) is 5.82 Å². The highest BCUT2D eigenvalue weighted by Gasteiger charge is 2.02. The number of aryl methyl sites for hydroxylation is 1. The first-order valence-corrected chi connectivity index (χ1v) is 5.47. The third kappa shape index (κ3) is 2.72. The third-order valence-corrected chi connectivity index (χ3v) is 2.75. The molecule has 0 saturated heterocycles. The van der Waals surface area contributed by atoms with Crippen molar-refractivity contribution < 1.29 is 5.11 Å². The number of aromatic hydroxyl groups is 1. The molecule has 2 aromatic rings. The Kier molecular flexibility index (Phi) is 3.23. The molecule has 1 heterocycles. The van der Waals surface area contributed by atoms with Crippen LogP contribution in [0.3, 0.4) is 0 Å². The van der Waals surface area contributed by atoms with Gasteiger partial charge in [0.15, 0.2) is 5.82 Å². The van der Waals surface area contributed by atoms with Crippen molar-refractivity contribution in [1.82, 2.24) is 10.2 Å². The number of anilines is 1. The molecule has 2 N–H and O–H groups in total. The molecular formula is C13H15N3O. The lowest BCUT2D eigenvalue weighted by Gasteiger charge is -2.09. The zero-order valence-electron chi connectivity index (χ0n) is 9.94. The van der Waals surface area contributed by atoms with E-state index in [9.17, 15) is 5.11 Å². The van der Waals surface area contributed by atoms with E-state index < -0.39 is 0 Å². The lowest BCUT2D eigenvalue weighted by atomic mass is 10.2. The first-order chi connectivity index (χ1) is 8.16. The van der Waals surface area contributed by atoms with Crippen LogP contribution in [0, 0.1) is 13.8 Å². The number of rotatable bonds is 3. The Balaban J connectivity index is 2.07. The summed E-state index contributed by atoms with van der Waals surface area (Å²) in [4.78, 5) is 0. The molecule has 0 aliphatic heterocycles. The molecule has 0 saturated carbocycles. The molecule has 1 aromatic heterocycles. The third-order valence-electron chi connectivity index (χ3n) is 2.75. The van der Waals surface area contributed by atoms with Gasteiger partial charge in [-0.05, 0) is 42.7 Å². The Bertz CT molecular complexity index is 509. The number of hydrogen-bond donors (Lipinski definition) is 2. The molecule has 0 amide bonds. The van der Waals surface area contributed by atoms with Gasteiger partial charge >= 0.3 is 0 Å². The zero-order chi connectivity index (χ0) is 12.3. The Morgan fingerprint density at radius 2 is 1.88 bits per heavy atom. The van der Waals surface area contributed by atoms with Crippen LogP contribution in [0.15, 0.2) is 30.5 Å². The smallest absolute Gasteiger partial charge is 0.152 e. The monoisotopic (exact) mass is 229 g/mol. The van der Waals surface area contributed by atoms with Crippen LogP contribution in [0.5, 0.6) is 5.75 Å². The van der Waals surface area contributed by atoms with E-state index in [0.717, 1.165) is 22.5 Å². The highest BCUT2D eigenvalue weighted by Crippen LogP contribution is 2.15. The molecule has 0 fully saturated rings. The molecule has 0 aliphatic rings. The average molecular weight is 229 g/mol. The van der Waals surface area contributed by atoms with Crippen LogP contribution >= 0.6 is 0 Å². The highest BCUT2D eigenvalue weighted by atomic mass is 16.3. The normalized spacial score (nSPS) is 10.2. The van der Waals surface area contributed by atoms with E-state index in [1.807, 2.05) is 26.0 Å². The Morgan fingerprint density at radius 1 is 1.18 bits per heavy atom. The minimum absolute atomic E-state index is 0.278. The second-order valence-electron chi connectivity index (χ2n) is 4.02. The van der Waals surface area contributed by atoms with Crippen molar-refractivity contribution in [1.29, 1.82) is 0 Å². The van der Waals surface area contributed by atoms with Crippen LogP contribution in [0.1, 0.15) is 16.7 Å². The summed E-state index contributed by atoms with van der Waals surface area (Å²) < 4.78 is 0. The first-order valence-electron chi connectivity index (χ1n) is 5.47. The van der Waals surface area contributed by atoms with Gasteiger partial charge < -0.3 is 10.4 Å². The fourth-order valence-electron chi connectivity index (χ4n) is 1.50. The number of aromatic nitrogens is 2. The Hall–Kier alpha value is -2.10. The summed E-state index contributed by atoms with van der Waals surface area (Å²) in [7, 11) is 0. The second kappa shape index (κ2) is 4.82. The molecule has 0 bridgehead atoms. The van der Waals surface area contributed by atoms with Crippen LogP contribution in [0.25, 0.3) is 0 Å². The number of benzene rings is 1. The quantitative estimate of drug-likeness (QED) is 0.848. The van der Waals surface area contributed by atoms with Gasteiger partial charge in [0.1, 0.15) is 5.75 Å². The van der Waals surface area contributed by atoms with E-state index in [0.29, 0.717) is 6.54 Å². The summed E-state index contributed by atoms with van der Waals surface area (Å²) in [5, 5.41) is 20.4. The SMILES string of the molecule is Cc1cnnc(NCc2ccc(O)cc2)c1C. The van der Waals surface area contributed by atoms with Gasteiger partial charge in [0.25, 0.3) is 0 Å². The lowest BCUT2D eigenvalue weighted by Crippen LogP contribution is -2.05. The van der Waals surface area contributed by atoms with Gasteiger partial charge in [0.2, 0.25) is 0 Å². The summed E-state index contributed by atoms with van der Waals surface area (Å²) in [6, 6.07) is 7.10. The van der Waals surface area contributed by atoms with Gasteiger partial charge in [-0.15, -0.1) is 5.10 Å². The molecular weight excluding hydrogens is 214 g/mol. The van der Waals surface area contributed by atoms with Crippen LogP contribution in [-0.2, 0) is 6.54 Å². The van der Waals surface area contributed by atoms with Crippen molar-refractivity contribution in [3.8, 4) is 5.75 Å². The number of phenols is 1. The molecule has 0 radical (unpaired) electrons. The summed E-state index contributed by atoms with van der Waals surface area (Å²) >= 11 is 0. The molecule has 1 aromatic carbocycles. The van der Waals surface area contributed by atoms with E-state index in [2.05, 4.69) is 15.5 Å². The number of phenolic OH excluding ortho intramolecular Hbond substituents is 1. The molecule has 0 atom stereocenters. The van der Waals surface area contributed by atoms with Crippen molar-refractivity contribution >= 4 is 5.82 Å². The molecule has 0 aliphatic carbocycles. The lowest BCUT2D eigenvalue weighted by molar-refractivity contribution is 0.475. The summed E-state index contributed by atoms with van der Waals surface area (Å²) in [5.74, 6) is 1.08. The fraction of sp³-hybridized carbons (Fsp3) is 0.231. The van der Waals surface area contributed by atoms with Gasteiger partial charge in [-0.1, -0.05) is 12.1 Å². The van der Waals surface area contributed by atoms with Crippen molar-refractivity contribution in [3.05, 3.63) is 47.2 Å². The Morgan fingerprint density at radius 3 is 2.59 bits per heavy atom. The van der Waals surface area contributed by atoms with Crippen molar-refractivity contribution in [2.75, 3.05) is 5.32 Å². The average Bonchev–Trinajstić information content (AvgIpc) is 2.33. The van der Waals surface area contributed by atoms with Gasteiger partial charge in [0, 0.05) is 6.54 Å². The largest absolute Gasteiger partial charge is 0.508 e. The number of nitrogens with zero attached hydrogens (tertiary/aromatic N) is 2. The van der Waals surface area contributed by atoms with Gasteiger partial charge in [0.05, 0.1) is 6.20 Å². The molecule has 88 valence electrons. The van der Waals surface area contributed by atoms with E-state index in [4.69, 9.17) is 0 Å². The predicted molar refractivity (Wildman–Crippen MR) is 66.9 cm³/mol. The standard InChI is InChI=1S/C13H15N3O/c1-9-7-15-16-13(10(9)2)14-8-11-3-5-12(17)6-4-11/h3-7,17H,8H2,1-2H3,(H,14,16). The maximum atomic E-state index is 9.18. The predicted octanol–water partition coefficient (Wildman–Crippen LogP) is 2.41. The number of hydrogen-bond acceptors (Lipinski definition) is 4. The van der Waals surface area contributed by atoms with Crippen molar-refractivity contribution in [3.63, 3.8) is 0 Å². The summed E-state index contributed by atoms with van der Waals surface area (Å²) in [5.41, 5.74) is 3.32. The van der Waals surface area contributed by atoms with E-state index in [-0.39, 0.29) is 5.75 Å².